The Morgan fingerprint density at radius 1 is 1.12 bits per heavy atom. The molecule has 0 aliphatic carbocycles. The first-order chi connectivity index (χ1) is 12.5. The number of hydrogen-bond acceptors (Lipinski definition) is 2. The third kappa shape index (κ3) is 4.88. The van der Waals surface area contributed by atoms with Crippen LogP contribution in [0.3, 0.4) is 0 Å². The molecule has 1 amide bonds. The number of likely N-dealkylation sites (tertiary alicyclic amines) is 1. The SMILES string of the molecule is C[C@@H](NC(=O)[C@H]1CCCN(Cc2ccc(F)cc2)C1)c1ccc(F)cc1. The summed E-state index contributed by atoms with van der Waals surface area (Å²) >= 11 is 0. The Balaban J connectivity index is 1.55. The number of carbonyl (C=O) groups excluding carboxylic acids is 1. The number of rotatable bonds is 5. The fourth-order valence-corrected chi connectivity index (χ4v) is 3.43. The molecule has 0 aromatic heterocycles. The first kappa shape index (κ1) is 18.5. The molecule has 2 atom stereocenters. The molecule has 2 aromatic carbocycles. The molecule has 5 heteroatoms. The Kier molecular flexibility index (Phi) is 5.99. The molecule has 1 N–H and O–H groups in total. The van der Waals surface area contributed by atoms with E-state index in [4.69, 9.17) is 0 Å². The molecule has 3 nitrogen and oxygen atoms in total. The van der Waals surface area contributed by atoms with Crippen LogP contribution in [-0.4, -0.2) is 23.9 Å². The highest BCUT2D eigenvalue weighted by atomic mass is 19.1. The minimum absolute atomic E-state index is 0.0330. The molecule has 1 fully saturated rings. The van der Waals surface area contributed by atoms with E-state index in [0.29, 0.717) is 6.54 Å². The highest BCUT2D eigenvalue weighted by molar-refractivity contribution is 5.79. The van der Waals surface area contributed by atoms with E-state index in [9.17, 15) is 13.6 Å². The van der Waals surface area contributed by atoms with Crippen molar-refractivity contribution >= 4 is 5.91 Å². The molecule has 1 aliphatic rings. The van der Waals surface area contributed by atoms with Crippen LogP contribution < -0.4 is 5.32 Å². The van der Waals surface area contributed by atoms with Crippen molar-refractivity contribution in [1.82, 2.24) is 10.2 Å². The zero-order valence-electron chi connectivity index (χ0n) is 14.9. The molecule has 26 heavy (non-hydrogen) atoms. The van der Waals surface area contributed by atoms with Gasteiger partial charge in [0.15, 0.2) is 0 Å². The van der Waals surface area contributed by atoms with Crippen molar-refractivity contribution in [1.29, 1.82) is 0 Å². The van der Waals surface area contributed by atoms with E-state index in [1.54, 1.807) is 24.3 Å². The average Bonchev–Trinajstić information content (AvgIpc) is 2.64. The summed E-state index contributed by atoms with van der Waals surface area (Å²) in [6.07, 6.45) is 1.83. The molecule has 0 spiro atoms. The van der Waals surface area contributed by atoms with Gasteiger partial charge in [0.2, 0.25) is 5.91 Å². The van der Waals surface area contributed by atoms with E-state index in [1.807, 2.05) is 6.92 Å². The Morgan fingerprint density at radius 2 is 1.73 bits per heavy atom. The van der Waals surface area contributed by atoms with Crippen LogP contribution in [0.4, 0.5) is 8.78 Å². The number of nitrogens with zero attached hydrogens (tertiary/aromatic N) is 1. The van der Waals surface area contributed by atoms with Crippen molar-refractivity contribution in [3.05, 3.63) is 71.3 Å². The Bertz CT molecular complexity index is 731. The number of nitrogens with one attached hydrogen (secondary N) is 1. The molecule has 0 saturated carbocycles. The second kappa shape index (κ2) is 8.41. The summed E-state index contributed by atoms with van der Waals surface area (Å²) in [5.41, 5.74) is 1.94. The van der Waals surface area contributed by atoms with Crippen molar-refractivity contribution in [3.8, 4) is 0 Å². The number of amides is 1. The Hall–Kier alpha value is -2.27. The molecule has 0 bridgehead atoms. The van der Waals surface area contributed by atoms with Crippen LogP contribution in [-0.2, 0) is 11.3 Å². The summed E-state index contributed by atoms with van der Waals surface area (Å²) < 4.78 is 26.1. The van der Waals surface area contributed by atoms with E-state index in [0.717, 1.165) is 37.1 Å². The van der Waals surface area contributed by atoms with Gasteiger partial charge in [-0.1, -0.05) is 24.3 Å². The van der Waals surface area contributed by atoms with E-state index in [2.05, 4.69) is 10.2 Å². The van der Waals surface area contributed by atoms with Gasteiger partial charge in [-0.05, 0) is 61.7 Å². The molecular weight excluding hydrogens is 334 g/mol. The van der Waals surface area contributed by atoms with Gasteiger partial charge in [-0.3, -0.25) is 9.69 Å². The second-order valence-electron chi connectivity index (χ2n) is 6.98. The van der Waals surface area contributed by atoms with Crippen molar-refractivity contribution < 1.29 is 13.6 Å². The van der Waals surface area contributed by atoms with E-state index < -0.39 is 0 Å². The minimum atomic E-state index is -0.281. The Labute approximate surface area is 153 Å². The van der Waals surface area contributed by atoms with Gasteiger partial charge in [-0.2, -0.15) is 0 Å². The summed E-state index contributed by atoms with van der Waals surface area (Å²) in [6, 6.07) is 12.6. The van der Waals surface area contributed by atoms with Crippen molar-refractivity contribution in [3.63, 3.8) is 0 Å². The summed E-state index contributed by atoms with van der Waals surface area (Å²) in [5, 5.41) is 3.04. The third-order valence-corrected chi connectivity index (χ3v) is 4.92. The summed E-state index contributed by atoms with van der Waals surface area (Å²) in [4.78, 5) is 14.9. The van der Waals surface area contributed by atoms with Gasteiger partial charge >= 0.3 is 0 Å². The molecular formula is C21H24F2N2O. The predicted octanol–water partition coefficient (Wildman–Crippen LogP) is 4.05. The van der Waals surface area contributed by atoms with E-state index >= 15 is 0 Å². The first-order valence-electron chi connectivity index (χ1n) is 9.04. The monoisotopic (exact) mass is 358 g/mol. The van der Waals surface area contributed by atoms with Crippen LogP contribution in [0.15, 0.2) is 48.5 Å². The lowest BCUT2D eigenvalue weighted by Crippen LogP contribution is -2.43. The van der Waals surface area contributed by atoms with E-state index in [-0.39, 0.29) is 29.5 Å². The largest absolute Gasteiger partial charge is 0.349 e. The average molecular weight is 358 g/mol. The fourth-order valence-electron chi connectivity index (χ4n) is 3.43. The number of piperidine rings is 1. The quantitative estimate of drug-likeness (QED) is 0.874. The second-order valence-corrected chi connectivity index (χ2v) is 6.98. The number of benzene rings is 2. The summed E-state index contributed by atoms with van der Waals surface area (Å²) in [7, 11) is 0. The summed E-state index contributed by atoms with van der Waals surface area (Å²) in [6.45, 7) is 4.26. The maximum Gasteiger partial charge on any atom is 0.224 e. The lowest BCUT2D eigenvalue weighted by atomic mass is 9.96. The number of hydrogen-bond donors (Lipinski definition) is 1. The zero-order valence-corrected chi connectivity index (χ0v) is 14.9. The van der Waals surface area contributed by atoms with Gasteiger partial charge in [-0.15, -0.1) is 0 Å². The standard InChI is InChI=1S/C21H24F2N2O/c1-15(17-6-10-20(23)11-7-17)24-21(26)18-3-2-12-25(14-18)13-16-4-8-19(22)9-5-16/h4-11,15,18H,2-3,12-14H2,1H3,(H,24,26)/t15-,18+/m1/s1. The van der Waals surface area contributed by atoms with Crippen molar-refractivity contribution in [2.75, 3.05) is 13.1 Å². The van der Waals surface area contributed by atoms with Crippen LogP contribution in [0.2, 0.25) is 0 Å². The van der Waals surface area contributed by atoms with Gasteiger partial charge in [0, 0.05) is 13.1 Å². The molecule has 138 valence electrons. The highest BCUT2D eigenvalue weighted by Gasteiger charge is 2.26. The normalized spacial score (nSPS) is 19.1. The fraction of sp³-hybridized carbons (Fsp3) is 0.381. The smallest absolute Gasteiger partial charge is 0.224 e. The predicted molar refractivity (Wildman–Crippen MR) is 97.4 cm³/mol. The van der Waals surface area contributed by atoms with Gasteiger partial charge < -0.3 is 5.32 Å². The molecule has 1 saturated heterocycles. The van der Waals surface area contributed by atoms with Crippen molar-refractivity contribution in [2.45, 2.75) is 32.4 Å². The molecule has 1 aliphatic heterocycles. The summed E-state index contributed by atoms with van der Waals surface area (Å²) in [5.74, 6) is -0.548. The van der Waals surface area contributed by atoms with Crippen LogP contribution >= 0.6 is 0 Å². The first-order valence-corrected chi connectivity index (χ1v) is 9.04. The zero-order chi connectivity index (χ0) is 18.5. The van der Waals surface area contributed by atoms with Crippen molar-refractivity contribution in [2.24, 2.45) is 5.92 Å². The molecule has 1 heterocycles. The van der Waals surface area contributed by atoms with Gasteiger partial charge in [-0.25, -0.2) is 8.78 Å². The van der Waals surface area contributed by atoms with Crippen LogP contribution in [0.5, 0.6) is 0 Å². The maximum absolute atomic E-state index is 13.0. The number of halogens is 2. The molecule has 0 radical (unpaired) electrons. The van der Waals surface area contributed by atoms with E-state index in [1.165, 1.54) is 24.3 Å². The maximum atomic E-state index is 13.0. The minimum Gasteiger partial charge on any atom is -0.349 e. The van der Waals surface area contributed by atoms with Crippen LogP contribution in [0.25, 0.3) is 0 Å². The topological polar surface area (TPSA) is 32.3 Å². The van der Waals surface area contributed by atoms with Gasteiger partial charge in [0.25, 0.3) is 0 Å². The number of carbonyl (C=O) groups is 1. The highest BCUT2D eigenvalue weighted by Crippen LogP contribution is 2.21. The van der Waals surface area contributed by atoms with Crippen LogP contribution in [0, 0.1) is 17.6 Å². The lowest BCUT2D eigenvalue weighted by molar-refractivity contribution is -0.127. The lowest BCUT2D eigenvalue weighted by Gasteiger charge is -2.32. The third-order valence-electron chi connectivity index (χ3n) is 4.92. The van der Waals surface area contributed by atoms with Gasteiger partial charge in [0.1, 0.15) is 11.6 Å². The Morgan fingerprint density at radius 3 is 2.38 bits per heavy atom. The molecule has 0 unspecified atom stereocenters. The van der Waals surface area contributed by atoms with Gasteiger partial charge in [0.05, 0.1) is 12.0 Å². The van der Waals surface area contributed by atoms with Crippen LogP contribution in [0.1, 0.15) is 36.9 Å². The molecule has 3 rings (SSSR count). The molecule has 2 aromatic rings.